The van der Waals surface area contributed by atoms with Crippen molar-refractivity contribution in [3.63, 3.8) is 0 Å². The minimum absolute atomic E-state index is 0.381. The zero-order chi connectivity index (χ0) is 16.4. The number of ether oxygens (including phenoxy) is 2. The Labute approximate surface area is 132 Å². The van der Waals surface area contributed by atoms with Crippen LogP contribution in [-0.2, 0) is 9.47 Å². The number of rotatable bonds is 9. The Morgan fingerprint density at radius 1 is 1.00 bits per heavy atom. The van der Waals surface area contributed by atoms with Crippen LogP contribution in [0.2, 0.25) is 0 Å². The smallest absolute Gasteiger partial charge is 0.338 e. The molecule has 0 atom stereocenters. The number of carbonyl (C=O) groups excluding carboxylic acids is 2. The lowest BCUT2D eigenvalue weighted by molar-refractivity contribution is 0.0488. The van der Waals surface area contributed by atoms with Crippen molar-refractivity contribution in [3.8, 4) is 0 Å². The maximum absolute atomic E-state index is 11.9. The highest BCUT2D eigenvalue weighted by molar-refractivity contribution is 5.95. The van der Waals surface area contributed by atoms with E-state index in [0.717, 1.165) is 25.7 Å². The van der Waals surface area contributed by atoms with Gasteiger partial charge in [-0.25, -0.2) is 9.59 Å². The van der Waals surface area contributed by atoms with Gasteiger partial charge in [0.25, 0.3) is 0 Å². The van der Waals surface area contributed by atoms with Crippen LogP contribution in [0.5, 0.6) is 0 Å². The van der Waals surface area contributed by atoms with Crippen molar-refractivity contribution in [2.24, 2.45) is 5.92 Å². The van der Waals surface area contributed by atoms with Gasteiger partial charge in [0.15, 0.2) is 0 Å². The molecule has 1 aromatic rings. The van der Waals surface area contributed by atoms with Gasteiger partial charge in [0.2, 0.25) is 0 Å². The van der Waals surface area contributed by atoms with Crippen LogP contribution in [0, 0.1) is 5.92 Å². The average molecular weight is 306 g/mol. The van der Waals surface area contributed by atoms with E-state index in [9.17, 15) is 9.59 Å². The van der Waals surface area contributed by atoms with Crippen molar-refractivity contribution in [3.05, 3.63) is 35.4 Å². The largest absolute Gasteiger partial charge is 0.462 e. The molecule has 0 aliphatic carbocycles. The predicted octanol–water partition coefficient (Wildman–Crippen LogP) is 4.24. The molecule has 0 aromatic heterocycles. The minimum Gasteiger partial charge on any atom is -0.462 e. The van der Waals surface area contributed by atoms with Gasteiger partial charge in [0.05, 0.1) is 24.3 Å². The van der Waals surface area contributed by atoms with Gasteiger partial charge in [0.1, 0.15) is 0 Å². The molecule has 0 N–H and O–H groups in total. The summed E-state index contributed by atoms with van der Waals surface area (Å²) in [5.74, 6) is -0.313. The second-order valence-electron chi connectivity index (χ2n) is 5.74. The summed E-state index contributed by atoms with van der Waals surface area (Å²) in [6.45, 7) is 7.04. The summed E-state index contributed by atoms with van der Waals surface area (Å²) in [5.41, 5.74) is 0.765. The molecular weight excluding hydrogens is 280 g/mol. The van der Waals surface area contributed by atoms with Crippen molar-refractivity contribution in [2.45, 2.75) is 46.5 Å². The number of unbranched alkanes of at least 4 members (excludes halogenated alkanes) is 2. The van der Waals surface area contributed by atoms with Crippen LogP contribution in [0.3, 0.4) is 0 Å². The third-order valence-electron chi connectivity index (χ3n) is 3.24. The Morgan fingerprint density at radius 3 is 2.14 bits per heavy atom. The fourth-order valence-electron chi connectivity index (χ4n) is 1.84. The van der Waals surface area contributed by atoms with Crippen LogP contribution in [0.1, 0.15) is 67.2 Å². The van der Waals surface area contributed by atoms with Crippen molar-refractivity contribution in [1.82, 2.24) is 0 Å². The fourth-order valence-corrected chi connectivity index (χ4v) is 1.84. The van der Waals surface area contributed by atoms with Gasteiger partial charge < -0.3 is 9.47 Å². The van der Waals surface area contributed by atoms with Gasteiger partial charge in [-0.1, -0.05) is 39.7 Å². The molecule has 0 bridgehead atoms. The highest BCUT2D eigenvalue weighted by Gasteiger charge is 2.12. The molecule has 0 radical (unpaired) electrons. The molecule has 1 rings (SSSR count). The molecule has 122 valence electrons. The van der Waals surface area contributed by atoms with Gasteiger partial charge in [-0.3, -0.25) is 0 Å². The summed E-state index contributed by atoms with van der Waals surface area (Å²) in [5, 5.41) is 0. The number of esters is 2. The summed E-state index contributed by atoms with van der Waals surface area (Å²) in [6.07, 6.45) is 3.80. The first-order valence-corrected chi connectivity index (χ1v) is 7.99. The summed E-state index contributed by atoms with van der Waals surface area (Å²) >= 11 is 0. The molecule has 0 aliphatic rings. The van der Waals surface area contributed by atoms with E-state index in [0.29, 0.717) is 30.3 Å². The minimum atomic E-state index is -0.402. The van der Waals surface area contributed by atoms with Gasteiger partial charge in [0, 0.05) is 0 Å². The Bertz CT molecular complexity index is 480. The summed E-state index contributed by atoms with van der Waals surface area (Å²) in [7, 11) is 0. The number of carbonyl (C=O) groups is 2. The number of benzene rings is 1. The van der Waals surface area contributed by atoms with E-state index in [1.807, 2.05) is 0 Å². The third kappa shape index (κ3) is 6.74. The molecule has 0 saturated heterocycles. The van der Waals surface area contributed by atoms with Gasteiger partial charge >= 0.3 is 11.9 Å². The van der Waals surface area contributed by atoms with Crippen molar-refractivity contribution in [2.75, 3.05) is 13.2 Å². The SMILES string of the molecule is CCCCCOC(=O)c1cccc(C(=O)OCCC(C)C)c1. The van der Waals surface area contributed by atoms with E-state index in [1.165, 1.54) is 6.07 Å². The molecular formula is C18H26O4. The van der Waals surface area contributed by atoms with Crippen LogP contribution < -0.4 is 0 Å². The maximum atomic E-state index is 11.9. The lowest BCUT2D eigenvalue weighted by Gasteiger charge is -2.08. The first-order chi connectivity index (χ1) is 10.5. The van der Waals surface area contributed by atoms with Gasteiger partial charge in [-0.2, -0.15) is 0 Å². The molecule has 0 aliphatic heterocycles. The lowest BCUT2D eigenvalue weighted by atomic mass is 10.1. The summed E-state index contributed by atoms with van der Waals surface area (Å²) < 4.78 is 10.4. The van der Waals surface area contributed by atoms with E-state index in [1.54, 1.807) is 18.2 Å². The second-order valence-corrected chi connectivity index (χ2v) is 5.74. The molecule has 0 unspecified atom stereocenters. The molecule has 0 saturated carbocycles. The highest BCUT2D eigenvalue weighted by atomic mass is 16.5. The van der Waals surface area contributed by atoms with Gasteiger partial charge in [-0.15, -0.1) is 0 Å². The Kier molecular flexibility index (Phi) is 8.26. The molecule has 0 amide bonds. The van der Waals surface area contributed by atoms with Gasteiger partial charge in [-0.05, 0) is 37.0 Å². The molecule has 4 nitrogen and oxygen atoms in total. The van der Waals surface area contributed by atoms with Crippen LogP contribution in [0.25, 0.3) is 0 Å². The summed E-state index contributed by atoms with van der Waals surface area (Å²) in [4.78, 5) is 23.8. The molecule has 1 aromatic carbocycles. The summed E-state index contributed by atoms with van der Waals surface area (Å²) in [6, 6.07) is 6.49. The third-order valence-corrected chi connectivity index (χ3v) is 3.24. The van der Waals surface area contributed by atoms with E-state index in [-0.39, 0.29) is 0 Å². The van der Waals surface area contributed by atoms with E-state index < -0.39 is 11.9 Å². The molecule has 22 heavy (non-hydrogen) atoms. The zero-order valence-electron chi connectivity index (χ0n) is 13.8. The lowest BCUT2D eigenvalue weighted by Crippen LogP contribution is -2.11. The van der Waals surface area contributed by atoms with Crippen LogP contribution in [0.15, 0.2) is 24.3 Å². The normalized spacial score (nSPS) is 10.5. The average Bonchev–Trinajstić information content (AvgIpc) is 2.51. The Balaban J connectivity index is 2.53. The van der Waals surface area contributed by atoms with E-state index in [2.05, 4.69) is 20.8 Å². The standard InChI is InChI=1S/C18H26O4/c1-4-5-6-11-21-17(19)15-8-7-9-16(13-15)18(20)22-12-10-14(2)3/h7-9,13-14H,4-6,10-12H2,1-3H3. The van der Waals surface area contributed by atoms with Crippen LogP contribution in [0.4, 0.5) is 0 Å². The number of hydrogen-bond acceptors (Lipinski definition) is 4. The molecule has 0 fully saturated rings. The fraction of sp³-hybridized carbons (Fsp3) is 0.556. The van der Waals surface area contributed by atoms with E-state index in [4.69, 9.17) is 9.47 Å². The topological polar surface area (TPSA) is 52.6 Å². The second kappa shape index (κ2) is 9.98. The van der Waals surface area contributed by atoms with E-state index >= 15 is 0 Å². The maximum Gasteiger partial charge on any atom is 0.338 e. The molecule has 0 spiro atoms. The quantitative estimate of drug-likeness (QED) is 0.506. The monoisotopic (exact) mass is 306 g/mol. The van der Waals surface area contributed by atoms with Crippen LogP contribution in [-0.4, -0.2) is 25.2 Å². The predicted molar refractivity (Wildman–Crippen MR) is 86.0 cm³/mol. The molecule has 0 heterocycles. The Morgan fingerprint density at radius 2 is 1.59 bits per heavy atom. The highest BCUT2D eigenvalue weighted by Crippen LogP contribution is 2.10. The Hall–Kier alpha value is -1.84. The zero-order valence-corrected chi connectivity index (χ0v) is 13.8. The van der Waals surface area contributed by atoms with Crippen molar-refractivity contribution in [1.29, 1.82) is 0 Å². The van der Waals surface area contributed by atoms with Crippen molar-refractivity contribution < 1.29 is 19.1 Å². The first-order valence-electron chi connectivity index (χ1n) is 7.99. The van der Waals surface area contributed by atoms with Crippen molar-refractivity contribution >= 4 is 11.9 Å². The number of hydrogen-bond donors (Lipinski definition) is 0. The van der Waals surface area contributed by atoms with Crippen LogP contribution >= 0.6 is 0 Å². The first kappa shape index (κ1) is 18.2. The molecule has 4 heteroatoms.